The van der Waals surface area contributed by atoms with Gasteiger partial charge in [-0.1, -0.05) is 50.1 Å². The van der Waals surface area contributed by atoms with Crippen molar-refractivity contribution in [3.05, 3.63) is 54.2 Å². The molecule has 1 aromatic carbocycles. The average molecular weight is 298 g/mol. The third-order valence-corrected chi connectivity index (χ3v) is 3.63. The molecule has 0 fully saturated rings. The number of hydrogen-bond donors (Lipinski definition) is 2. The third-order valence-electron chi connectivity index (χ3n) is 3.63. The molecule has 0 aliphatic rings. The summed E-state index contributed by atoms with van der Waals surface area (Å²) in [6, 6.07) is 14.0. The molecule has 0 aliphatic carbocycles. The first-order valence-corrected chi connectivity index (χ1v) is 7.69. The van der Waals surface area contributed by atoms with Gasteiger partial charge >= 0.3 is 6.09 Å². The Labute approximate surface area is 131 Å². The van der Waals surface area contributed by atoms with Crippen LogP contribution in [0, 0.1) is 0 Å². The summed E-state index contributed by atoms with van der Waals surface area (Å²) in [6.07, 6.45) is 4.50. The van der Waals surface area contributed by atoms with Crippen LogP contribution in [0.1, 0.15) is 31.7 Å². The van der Waals surface area contributed by atoms with Crippen LogP contribution in [0.15, 0.2) is 48.7 Å². The lowest BCUT2D eigenvalue weighted by atomic mass is 9.99. The van der Waals surface area contributed by atoms with Gasteiger partial charge in [-0.25, -0.2) is 4.79 Å². The Morgan fingerprint density at radius 1 is 1.23 bits per heavy atom. The molecule has 0 radical (unpaired) electrons. The van der Waals surface area contributed by atoms with Crippen molar-refractivity contribution in [1.82, 2.24) is 10.3 Å². The minimum atomic E-state index is -0.953. The van der Waals surface area contributed by atoms with Gasteiger partial charge in [0, 0.05) is 17.8 Å². The number of benzene rings is 1. The van der Waals surface area contributed by atoms with E-state index in [1.165, 1.54) is 0 Å². The van der Waals surface area contributed by atoms with E-state index >= 15 is 0 Å². The summed E-state index contributed by atoms with van der Waals surface area (Å²) in [6.45, 7) is 2.11. The molecule has 116 valence electrons. The second-order valence-corrected chi connectivity index (χ2v) is 5.40. The lowest BCUT2D eigenvalue weighted by molar-refractivity contribution is 0.188. The number of hydrogen-bond acceptors (Lipinski definition) is 2. The second kappa shape index (κ2) is 8.17. The van der Waals surface area contributed by atoms with Crippen molar-refractivity contribution in [2.45, 2.75) is 38.6 Å². The number of carboxylic acid groups (broad SMARTS) is 1. The smallest absolute Gasteiger partial charge is 0.404 e. The van der Waals surface area contributed by atoms with Crippen molar-refractivity contribution in [3.63, 3.8) is 0 Å². The van der Waals surface area contributed by atoms with Crippen molar-refractivity contribution >= 4 is 6.09 Å². The SMILES string of the molecule is CCCCC(Cc1ccc(-c2ccccn2)cc1)NC(=O)O. The van der Waals surface area contributed by atoms with E-state index in [-0.39, 0.29) is 6.04 Å². The van der Waals surface area contributed by atoms with Crippen LogP contribution in [0.3, 0.4) is 0 Å². The highest BCUT2D eigenvalue weighted by Crippen LogP contribution is 2.18. The van der Waals surface area contributed by atoms with Crippen molar-refractivity contribution < 1.29 is 9.90 Å². The van der Waals surface area contributed by atoms with Gasteiger partial charge in [-0.3, -0.25) is 4.98 Å². The molecule has 1 heterocycles. The molecule has 0 bridgehead atoms. The maximum absolute atomic E-state index is 10.9. The summed E-state index contributed by atoms with van der Waals surface area (Å²) < 4.78 is 0. The van der Waals surface area contributed by atoms with Crippen LogP contribution in [0.5, 0.6) is 0 Å². The molecule has 1 unspecified atom stereocenters. The van der Waals surface area contributed by atoms with Crippen LogP contribution in [0.4, 0.5) is 4.79 Å². The highest BCUT2D eigenvalue weighted by Gasteiger charge is 2.12. The molecule has 2 aromatic rings. The summed E-state index contributed by atoms with van der Waals surface area (Å²) in [5, 5.41) is 11.5. The van der Waals surface area contributed by atoms with E-state index in [0.717, 1.165) is 42.5 Å². The van der Waals surface area contributed by atoms with Gasteiger partial charge in [-0.2, -0.15) is 0 Å². The molecule has 2 rings (SSSR count). The maximum atomic E-state index is 10.9. The first-order valence-electron chi connectivity index (χ1n) is 7.69. The molecule has 1 amide bonds. The van der Waals surface area contributed by atoms with E-state index in [2.05, 4.69) is 17.2 Å². The number of amides is 1. The van der Waals surface area contributed by atoms with Gasteiger partial charge in [-0.05, 0) is 30.5 Å². The van der Waals surface area contributed by atoms with Crippen molar-refractivity contribution in [2.24, 2.45) is 0 Å². The van der Waals surface area contributed by atoms with E-state index in [1.807, 2.05) is 42.5 Å². The Balaban J connectivity index is 2.03. The summed E-state index contributed by atoms with van der Waals surface area (Å²) >= 11 is 0. The van der Waals surface area contributed by atoms with Crippen molar-refractivity contribution in [2.75, 3.05) is 0 Å². The molecule has 0 spiro atoms. The molecule has 0 saturated heterocycles. The molecular weight excluding hydrogens is 276 g/mol. The minimum Gasteiger partial charge on any atom is -0.465 e. The molecule has 22 heavy (non-hydrogen) atoms. The predicted octanol–water partition coefficient (Wildman–Crippen LogP) is 4.12. The largest absolute Gasteiger partial charge is 0.465 e. The normalized spacial score (nSPS) is 11.9. The minimum absolute atomic E-state index is 0.0295. The number of rotatable bonds is 7. The fraction of sp³-hybridized carbons (Fsp3) is 0.333. The van der Waals surface area contributed by atoms with E-state index in [0.29, 0.717) is 0 Å². The molecule has 4 heteroatoms. The van der Waals surface area contributed by atoms with Gasteiger partial charge in [0.1, 0.15) is 0 Å². The Hall–Kier alpha value is -2.36. The summed E-state index contributed by atoms with van der Waals surface area (Å²) in [4.78, 5) is 15.2. The predicted molar refractivity (Wildman–Crippen MR) is 87.9 cm³/mol. The standard InChI is InChI=1S/C18H22N2O2/c1-2-3-6-16(20-18(21)22)13-14-8-10-15(11-9-14)17-7-4-5-12-19-17/h4-5,7-12,16,20H,2-3,6,13H2,1H3,(H,21,22). The quantitative estimate of drug-likeness (QED) is 0.808. The van der Waals surface area contributed by atoms with Gasteiger partial charge in [-0.15, -0.1) is 0 Å². The Morgan fingerprint density at radius 2 is 2.00 bits per heavy atom. The van der Waals surface area contributed by atoms with Crippen LogP contribution in [-0.2, 0) is 6.42 Å². The van der Waals surface area contributed by atoms with Crippen LogP contribution in [0.25, 0.3) is 11.3 Å². The Morgan fingerprint density at radius 3 is 2.59 bits per heavy atom. The van der Waals surface area contributed by atoms with E-state index in [4.69, 9.17) is 5.11 Å². The average Bonchev–Trinajstić information content (AvgIpc) is 2.53. The fourth-order valence-electron chi connectivity index (χ4n) is 2.48. The maximum Gasteiger partial charge on any atom is 0.404 e. The highest BCUT2D eigenvalue weighted by molar-refractivity contribution is 5.65. The van der Waals surface area contributed by atoms with E-state index < -0.39 is 6.09 Å². The van der Waals surface area contributed by atoms with Gasteiger partial charge in [0.05, 0.1) is 5.69 Å². The first-order chi connectivity index (χ1) is 10.7. The number of aromatic nitrogens is 1. The Kier molecular flexibility index (Phi) is 5.95. The van der Waals surface area contributed by atoms with Gasteiger partial charge < -0.3 is 10.4 Å². The fourth-order valence-corrected chi connectivity index (χ4v) is 2.48. The number of carbonyl (C=O) groups is 1. The topological polar surface area (TPSA) is 62.2 Å². The molecule has 2 N–H and O–H groups in total. The van der Waals surface area contributed by atoms with Crippen LogP contribution in [0.2, 0.25) is 0 Å². The first kappa shape index (κ1) is 16.0. The lowest BCUT2D eigenvalue weighted by Crippen LogP contribution is -2.35. The van der Waals surface area contributed by atoms with Gasteiger partial charge in [0.25, 0.3) is 0 Å². The van der Waals surface area contributed by atoms with Gasteiger partial charge in [0.15, 0.2) is 0 Å². The van der Waals surface area contributed by atoms with Crippen molar-refractivity contribution in [3.8, 4) is 11.3 Å². The monoisotopic (exact) mass is 298 g/mol. The van der Waals surface area contributed by atoms with E-state index in [1.54, 1.807) is 6.20 Å². The number of nitrogens with zero attached hydrogens (tertiary/aromatic N) is 1. The zero-order valence-electron chi connectivity index (χ0n) is 12.8. The number of pyridine rings is 1. The number of unbranched alkanes of at least 4 members (excludes halogenated alkanes) is 1. The summed E-state index contributed by atoms with van der Waals surface area (Å²) in [7, 11) is 0. The Bertz CT molecular complexity index is 582. The zero-order chi connectivity index (χ0) is 15.8. The third kappa shape index (κ3) is 4.88. The van der Waals surface area contributed by atoms with Crippen LogP contribution in [-0.4, -0.2) is 22.2 Å². The van der Waals surface area contributed by atoms with E-state index in [9.17, 15) is 4.79 Å². The molecular formula is C18H22N2O2. The second-order valence-electron chi connectivity index (χ2n) is 5.40. The van der Waals surface area contributed by atoms with Gasteiger partial charge in [0.2, 0.25) is 0 Å². The van der Waals surface area contributed by atoms with Crippen molar-refractivity contribution in [1.29, 1.82) is 0 Å². The van der Waals surface area contributed by atoms with Crippen LogP contribution >= 0.6 is 0 Å². The highest BCUT2D eigenvalue weighted by atomic mass is 16.4. The molecule has 0 aliphatic heterocycles. The molecule has 0 saturated carbocycles. The zero-order valence-corrected chi connectivity index (χ0v) is 12.8. The number of nitrogens with one attached hydrogen (secondary N) is 1. The summed E-state index contributed by atoms with van der Waals surface area (Å²) in [5.41, 5.74) is 3.15. The molecule has 1 aromatic heterocycles. The lowest BCUT2D eigenvalue weighted by Gasteiger charge is -2.16. The van der Waals surface area contributed by atoms with Crippen LogP contribution < -0.4 is 5.32 Å². The molecule has 1 atom stereocenters. The molecule has 4 nitrogen and oxygen atoms in total. The summed E-state index contributed by atoms with van der Waals surface area (Å²) in [5.74, 6) is 0.